The van der Waals surface area contributed by atoms with Crippen molar-refractivity contribution in [1.29, 1.82) is 0 Å². The zero-order valence-electron chi connectivity index (χ0n) is 6.03. The minimum absolute atomic E-state index is 0. The van der Waals surface area contributed by atoms with Crippen LogP contribution < -0.4 is 17.0 Å². The van der Waals surface area contributed by atoms with E-state index in [2.05, 4.69) is 0 Å². The Hall–Kier alpha value is -0.0166. The van der Waals surface area contributed by atoms with E-state index < -0.39 is 11.6 Å². The molecule has 0 unspecified atom stereocenters. The van der Waals surface area contributed by atoms with Gasteiger partial charge in [0.25, 0.3) is 0 Å². The molecule has 12 heavy (non-hydrogen) atoms. The van der Waals surface area contributed by atoms with Crippen molar-refractivity contribution in [3.63, 3.8) is 0 Å². The van der Waals surface area contributed by atoms with Gasteiger partial charge < -0.3 is 17.0 Å². The van der Waals surface area contributed by atoms with Gasteiger partial charge in [-0.1, -0.05) is 0 Å². The van der Waals surface area contributed by atoms with Gasteiger partial charge in [-0.15, -0.1) is 12.1 Å². The fourth-order valence-electron chi connectivity index (χ4n) is 0.638. The van der Waals surface area contributed by atoms with Gasteiger partial charge in [0.2, 0.25) is 0 Å². The summed E-state index contributed by atoms with van der Waals surface area (Å²) in [5.74, 6) is -1.55. The Labute approximate surface area is 91.7 Å². The molecule has 0 N–H and O–H groups in total. The third-order valence-electron chi connectivity index (χ3n) is 1.01. The second-order valence-corrected chi connectivity index (χ2v) is 1.81. The van der Waals surface area contributed by atoms with E-state index in [4.69, 9.17) is 0 Å². The molecule has 0 fully saturated rings. The molecule has 0 atom stereocenters. The molecule has 0 bridgehead atoms. The minimum Gasteiger partial charge on any atom is -1.00 e. The Morgan fingerprint density at radius 1 is 1.00 bits per heavy atom. The van der Waals surface area contributed by atoms with Crippen LogP contribution in [0.3, 0.4) is 0 Å². The normalized spacial score (nSPS) is 7.92. The van der Waals surface area contributed by atoms with Gasteiger partial charge in [-0.2, -0.15) is 5.56 Å². The Morgan fingerprint density at radius 3 is 1.75 bits per heavy atom. The number of rotatable bonds is 1. The van der Waals surface area contributed by atoms with E-state index in [1.54, 1.807) is 0 Å². The number of halogens is 4. The number of benzene rings is 1. The second kappa shape index (κ2) is 6.49. The van der Waals surface area contributed by atoms with Gasteiger partial charge in [0.15, 0.2) is 0 Å². The molecule has 0 saturated heterocycles. The summed E-state index contributed by atoms with van der Waals surface area (Å²) in [5.41, 5.74) is -0.0995. The molecule has 0 aromatic heterocycles. The number of hydrogen-bond donors (Lipinski definition) is 0. The predicted molar refractivity (Wildman–Crippen MR) is 30.9 cm³/mol. The van der Waals surface area contributed by atoms with Crippen LogP contribution in [-0.4, -0.2) is 0 Å². The monoisotopic (exact) mass is 288 g/mol. The standard InChI is InChI=1S/C7H4F3.BrH.Zn/c8-4-5-1-6(9)3-7(10)2-5;;/h1-4H;1H;/q-1;;+2/p-1. The van der Waals surface area contributed by atoms with Crippen LogP contribution in [0.2, 0.25) is 0 Å². The van der Waals surface area contributed by atoms with Gasteiger partial charge in [-0.05, 0) is 12.7 Å². The summed E-state index contributed by atoms with van der Waals surface area (Å²) in [7, 11) is 0. The van der Waals surface area contributed by atoms with Crippen LogP contribution in [0.4, 0.5) is 13.2 Å². The SMILES string of the molecule is F[CH-]c1cc(F)cc(F)c1.[Br-].[Zn+2]. The topological polar surface area (TPSA) is 0 Å². The molecule has 1 aromatic carbocycles. The van der Waals surface area contributed by atoms with Gasteiger partial charge in [0.1, 0.15) is 0 Å². The maximum absolute atomic E-state index is 12.2. The van der Waals surface area contributed by atoms with E-state index in [1.165, 1.54) is 0 Å². The molecule has 1 rings (SSSR count). The van der Waals surface area contributed by atoms with Crippen LogP contribution in [0, 0.1) is 18.3 Å². The average molecular weight is 290 g/mol. The molecule has 0 aliphatic heterocycles. The van der Waals surface area contributed by atoms with Crippen molar-refractivity contribution in [3.05, 3.63) is 42.1 Å². The third kappa shape index (κ3) is 4.12. The van der Waals surface area contributed by atoms with Crippen molar-refractivity contribution in [2.24, 2.45) is 0 Å². The van der Waals surface area contributed by atoms with Crippen LogP contribution in [0.25, 0.3) is 0 Å². The zero-order valence-corrected chi connectivity index (χ0v) is 10.6. The van der Waals surface area contributed by atoms with Crippen molar-refractivity contribution in [2.45, 2.75) is 0 Å². The molecular weight excluding hydrogens is 286 g/mol. The summed E-state index contributed by atoms with van der Waals surface area (Å²) < 4.78 is 36.0. The molecule has 0 nitrogen and oxygen atoms in total. The van der Waals surface area contributed by atoms with Crippen LogP contribution in [0.15, 0.2) is 18.2 Å². The minimum atomic E-state index is -0.774. The van der Waals surface area contributed by atoms with Gasteiger partial charge in [0, 0.05) is 0 Å². The maximum Gasteiger partial charge on any atom is 2.00 e. The molecule has 62 valence electrons. The first-order valence-electron chi connectivity index (χ1n) is 2.62. The quantitative estimate of drug-likeness (QED) is 0.481. The van der Waals surface area contributed by atoms with E-state index >= 15 is 0 Å². The molecular formula is C7H4BrF3Zn. The fraction of sp³-hybridized carbons (Fsp3) is 0. The summed E-state index contributed by atoms with van der Waals surface area (Å²) >= 11 is 0. The van der Waals surface area contributed by atoms with Crippen molar-refractivity contribution < 1.29 is 49.6 Å². The molecule has 0 saturated carbocycles. The Morgan fingerprint density at radius 2 is 1.42 bits per heavy atom. The Bertz CT molecular complexity index is 222. The Balaban J connectivity index is 0. The number of hydrogen-bond acceptors (Lipinski definition) is 0. The zero-order chi connectivity index (χ0) is 7.56. The first-order chi connectivity index (χ1) is 4.72. The van der Waals surface area contributed by atoms with Gasteiger partial charge in [-0.25, -0.2) is 8.78 Å². The first kappa shape index (κ1) is 14.5. The van der Waals surface area contributed by atoms with Gasteiger partial charge in [-0.3, -0.25) is 4.39 Å². The maximum atomic E-state index is 12.2. The fourth-order valence-corrected chi connectivity index (χ4v) is 0.638. The van der Waals surface area contributed by atoms with E-state index in [1.807, 2.05) is 0 Å². The van der Waals surface area contributed by atoms with Crippen molar-refractivity contribution >= 4 is 0 Å². The van der Waals surface area contributed by atoms with Crippen molar-refractivity contribution in [1.82, 2.24) is 0 Å². The largest absolute Gasteiger partial charge is 2.00 e. The van der Waals surface area contributed by atoms with Gasteiger partial charge >= 0.3 is 19.5 Å². The Kier molecular flexibility index (Phi) is 7.85. The van der Waals surface area contributed by atoms with Crippen LogP contribution >= 0.6 is 0 Å². The third-order valence-corrected chi connectivity index (χ3v) is 1.01. The molecule has 5 heteroatoms. The van der Waals surface area contributed by atoms with E-state index in [9.17, 15) is 13.2 Å². The van der Waals surface area contributed by atoms with Crippen LogP contribution in [0.5, 0.6) is 0 Å². The molecule has 0 spiro atoms. The molecule has 0 aliphatic carbocycles. The first-order valence-corrected chi connectivity index (χ1v) is 2.62. The van der Waals surface area contributed by atoms with Crippen molar-refractivity contribution in [3.8, 4) is 0 Å². The van der Waals surface area contributed by atoms with E-state index in [0.717, 1.165) is 12.1 Å². The van der Waals surface area contributed by atoms with E-state index in [-0.39, 0.29) is 48.7 Å². The molecule has 1 aromatic rings. The predicted octanol–water partition coefficient (Wildman–Crippen LogP) is -0.554. The summed E-state index contributed by atoms with van der Waals surface area (Å²) in [6, 6.07) is 2.50. The van der Waals surface area contributed by atoms with Crippen LogP contribution in [-0.2, 0) is 19.5 Å². The summed E-state index contributed by atoms with van der Waals surface area (Å²) in [6.45, 7) is 0.145. The van der Waals surface area contributed by atoms with E-state index in [0.29, 0.717) is 6.07 Å². The summed E-state index contributed by atoms with van der Waals surface area (Å²) in [6.07, 6.45) is 0. The summed E-state index contributed by atoms with van der Waals surface area (Å²) in [4.78, 5) is 0. The van der Waals surface area contributed by atoms with Gasteiger partial charge in [0.05, 0.1) is 11.6 Å². The summed E-state index contributed by atoms with van der Waals surface area (Å²) in [5, 5.41) is 0. The molecule has 0 heterocycles. The molecule has 0 radical (unpaired) electrons. The second-order valence-electron chi connectivity index (χ2n) is 1.81. The average Bonchev–Trinajstić information content (AvgIpc) is 1.85. The molecule has 0 aliphatic rings. The van der Waals surface area contributed by atoms with Crippen LogP contribution in [0.1, 0.15) is 5.56 Å². The smallest absolute Gasteiger partial charge is 1.00 e. The molecule has 0 amide bonds. The van der Waals surface area contributed by atoms with Crippen molar-refractivity contribution in [2.75, 3.05) is 0 Å².